The molecular formula is C28H38Cl2FNO4. The normalized spacial score (nSPS) is 9.47. The van der Waals surface area contributed by atoms with Crippen LogP contribution in [0.4, 0.5) is 4.39 Å². The summed E-state index contributed by atoms with van der Waals surface area (Å²) >= 11 is 11.3. The number of carbonyl (C=O) groups is 3. The third kappa shape index (κ3) is 18.4. The Kier molecular flexibility index (Phi) is 23.5. The summed E-state index contributed by atoms with van der Waals surface area (Å²) in [7, 11) is 3.28. The monoisotopic (exact) mass is 541 g/mol. The molecule has 0 aliphatic carbocycles. The van der Waals surface area contributed by atoms with Gasteiger partial charge in [-0.15, -0.1) is 0 Å². The van der Waals surface area contributed by atoms with E-state index in [9.17, 15) is 9.18 Å². The molecule has 0 heterocycles. The Morgan fingerprint density at radius 2 is 1.64 bits per heavy atom. The van der Waals surface area contributed by atoms with E-state index in [2.05, 4.69) is 25.7 Å². The van der Waals surface area contributed by atoms with Gasteiger partial charge in [0.05, 0.1) is 7.11 Å². The van der Waals surface area contributed by atoms with E-state index in [1.54, 1.807) is 27.1 Å². The molecule has 8 heteroatoms. The largest absolute Gasteiger partial charge is 0.497 e. The first-order chi connectivity index (χ1) is 16.9. The number of hydrogen-bond acceptors (Lipinski definition) is 4. The van der Waals surface area contributed by atoms with Crippen molar-refractivity contribution in [2.75, 3.05) is 14.2 Å². The summed E-state index contributed by atoms with van der Waals surface area (Å²) in [6.45, 7) is 17.7. The number of halogens is 3. The molecule has 0 radical (unpaired) electrons. The Bertz CT molecular complexity index is 910. The van der Waals surface area contributed by atoms with Crippen molar-refractivity contribution in [2.45, 2.75) is 41.0 Å². The van der Waals surface area contributed by atoms with E-state index in [0.717, 1.165) is 39.5 Å². The lowest BCUT2D eigenvalue weighted by atomic mass is 10.0. The maximum Gasteiger partial charge on any atom is 0.246 e. The quantitative estimate of drug-likeness (QED) is 0.317. The Hall–Kier alpha value is -2.96. The molecule has 2 aromatic carbocycles. The van der Waals surface area contributed by atoms with Gasteiger partial charge in [-0.1, -0.05) is 55.3 Å². The molecule has 1 amide bonds. The molecule has 0 aromatic heterocycles. The van der Waals surface area contributed by atoms with Crippen LogP contribution in [0.5, 0.6) is 5.75 Å². The van der Waals surface area contributed by atoms with Gasteiger partial charge in [-0.2, -0.15) is 0 Å². The molecule has 200 valence electrons. The molecule has 2 rings (SSSR count). The van der Waals surface area contributed by atoms with Crippen molar-refractivity contribution in [2.24, 2.45) is 5.92 Å². The summed E-state index contributed by atoms with van der Waals surface area (Å²) in [4.78, 5) is 27.1. The molecule has 0 spiro atoms. The van der Waals surface area contributed by atoms with E-state index in [-0.39, 0.29) is 11.7 Å². The summed E-state index contributed by atoms with van der Waals surface area (Å²) in [5, 5.41) is 3.81. The molecule has 0 atom stereocenters. The van der Waals surface area contributed by atoms with Crippen molar-refractivity contribution >= 4 is 42.7 Å². The van der Waals surface area contributed by atoms with E-state index in [0.29, 0.717) is 10.9 Å². The van der Waals surface area contributed by atoms with Crippen molar-refractivity contribution in [3.05, 3.63) is 87.2 Å². The van der Waals surface area contributed by atoms with E-state index >= 15 is 0 Å². The van der Waals surface area contributed by atoms with Gasteiger partial charge in [-0.25, -0.2) is 4.39 Å². The number of nitrogens with one attached hydrogen (secondary N) is 1. The van der Waals surface area contributed by atoms with Crippen LogP contribution in [0.3, 0.4) is 0 Å². The van der Waals surface area contributed by atoms with Crippen LogP contribution in [-0.2, 0) is 14.4 Å². The molecule has 0 bridgehead atoms. The van der Waals surface area contributed by atoms with Gasteiger partial charge in [0.15, 0.2) is 0 Å². The second-order valence-electron chi connectivity index (χ2n) is 7.55. The predicted molar refractivity (Wildman–Crippen MR) is 150 cm³/mol. The van der Waals surface area contributed by atoms with Crippen molar-refractivity contribution in [1.82, 2.24) is 5.32 Å². The molecule has 0 aliphatic rings. The molecule has 0 fully saturated rings. The van der Waals surface area contributed by atoms with E-state index in [4.69, 9.17) is 37.5 Å². The van der Waals surface area contributed by atoms with E-state index in [1.807, 2.05) is 51.7 Å². The minimum atomic E-state index is -0.278. The number of carbonyl (C=O) groups excluding carboxylic acids is 3. The maximum absolute atomic E-state index is 12.3. The third-order valence-electron chi connectivity index (χ3n) is 4.44. The highest BCUT2D eigenvalue weighted by Gasteiger charge is 2.02. The fourth-order valence-corrected chi connectivity index (χ4v) is 2.64. The molecule has 5 nitrogen and oxygen atoms in total. The van der Waals surface area contributed by atoms with Crippen LogP contribution in [-0.4, -0.2) is 33.6 Å². The van der Waals surface area contributed by atoms with Crippen molar-refractivity contribution in [3.8, 4) is 5.75 Å². The topological polar surface area (TPSA) is 72.5 Å². The molecule has 36 heavy (non-hydrogen) atoms. The van der Waals surface area contributed by atoms with Crippen LogP contribution in [0.1, 0.15) is 38.3 Å². The summed E-state index contributed by atoms with van der Waals surface area (Å²) in [5.74, 6) is 1.03. The maximum atomic E-state index is 12.3. The summed E-state index contributed by atoms with van der Waals surface area (Å²) in [5.41, 5.74) is 3.80. The van der Waals surface area contributed by atoms with Gasteiger partial charge in [0.2, 0.25) is 5.91 Å². The number of likely N-dealkylation sites (N-methyl/N-ethyl adjacent to an activating group) is 1. The number of amides is 1. The van der Waals surface area contributed by atoms with Crippen molar-refractivity contribution in [3.63, 3.8) is 0 Å². The highest BCUT2D eigenvalue weighted by molar-refractivity contribution is 6.31. The van der Waals surface area contributed by atoms with Crippen LogP contribution in [0.15, 0.2) is 60.2 Å². The van der Waals surface area contributed by atoms with Crippen LogP contribution in [0.25, 0.3) is 0 Å². The lowest BCUT2D eigenvalue weighted by Gasteiger charge is -2.06. The minimum Gasteiger partial charge on any atom is -0.497 e. The molecule has 1 N–H and O–H groups in total. The first-order valence-corrected chi connectivity index (χ1v) is 11.5. The number of hydrogen-bond donors (Lipinski definition) is 1. The third-order valence-corrected chi connectivity index (χ3v) is 5.09. The highest BCUT2D eigenvalue weighted by Crippen LogP contribution is 2.20. The standard InChI is InChI=1S/C11H19NO.C8H9ClO.C7H6ClF.2CH2O/c1-8(2)9(3)6-7-10(4)11(13)12-5;1-6-5-7(10-2)3-4-8(6)9;1-5-2-6(8)4-7(9)3-5;2*1-2/h7-8H,3,6H2,1-2,4-5H3,(H,12,13);3-5H,1-2H3;2-4H,1H3;2*1H2/b10-7+;;;;. The SMILES string of the molecule is C=C(C/C=C(\C)C(=O)NC)C(C)C.C=O.C=O.COc1ccc(Cl)c(C)c1.Cc1cc(F)cc(Cl)c1. The van der Waals surface area contributed by atoms with Gasteiger partial charge >= 0.3 is 0 Å². The lowest BCUT2D eigenvalue weighted by molar-refractivity contribution is -0.117. The Labute approximate surface area is 225 Å². The van der Waals surface area contributed by atoms with Gasteiger partial charge in [0.25, 0.3) is 0 Å². The van der Waals surface area contributed by atoms with Crippen LogP contribution < -0.4 is 10.1 Å². The zero-order valence-electron chi connectivity index (χ0n) is 22.2. The number of rotatable bonds is 5. The number of ether oxygens (including phenoxy) is 1. The zero-order valence-corrected chi connectivity index (χ0v) is 23.7. The van der Waals surface area contributed by atoms with Gasteiger partial charge in [0.1, 0.15) is 25.1 Å². The van der Waals surface area contributed by atoms with Crippen LogP contribution in [0.2, 0.25) is 10.0 Å². The minimum absolute atomic E-state index is 0.0171. The second-order valence-corrected chi connectivity index (χ2v) is 8.39. The number of benzene rings is 2. The van der Waals surface area contributed by atoms with Gasteiger partial charge in [-0.05, 0) is 80.6 Å². The molecular weight excluding hydrogens is 504 g/mol. The molecule has 2 aromatic rings. The summed E-state index contributed by atoms with van der Waals surface area (Å²) in [6, 6.07) is 10.0. The average molecular weight is 543 g/mol. The molecule has 0 unspecified atom stereocenters. The predicted octanol–water partition coefficient (Wildman–Crippen LogP) is 7.36. The van der Waals surface area contributed by atoms with Crippen molar-refractivity contribution < 1.29 is 23.5 Å². The Morgan fingerprint density at radius 3 is 2.03 bits per heavy atom. The number of methoxy groups -OCH3 is 1. The summed E-state index contributed by atoms with van der Waals surface area (Å²) in [6.07, 6.45) is 2.71. The number of allylic oxidation sites excluding steroid dienone is 2. The second kappa shape index (κ2) is 22.5. The zero-order chi connectivity index (χ0) is 28.8. The number of aryl methyl sites for hydroxylation is 2. The van der Waals surface area contributed by atoms with Crippen LogP contribution >= 0.6 is 23.2 Å². The fourth-order valence-electron chi connectivity index (χ4n) is 2.25. The average Bonchev–Trinajstić information content (AvgIpc) is 2.85. The highest BCUT2D eigenvalue weighted by atomic mass is 35.5. The fraction of sp³-hybridized carbons (Fsp3) is 0.321. The molecule has 0 aliphatic heterocycles. The van der Waals surface area contributed by atoms with E-state index in [1.165, 1.54) is 12.1 Å². The van der Waals surface area contributed by atoms with Crippen LogP contribution in [0, 0.1) is 25.6 Å². The Balaban J connectivity index is -0.000000429. The smallest absolute Gasteiger partial charge is 0.246 e. The summed E-state index contributed by atoms with van der Waals surface area (Å²) < 4.78 is 17.3. The first-order valence-electron chi connectivity index (χ1n) is 10.8. The lowest BCUT2D eigenvalue weighted by Crippen LogP contribution is -2.18. The van der Waals surface area contributed by atoms with Gasteiger partial charge in [0, 0.05) is 22.7 Å². The van der Waals surface area contributed by atoms with Gasteiger partial charge < -0.3 is 19.6 Å². The molecule has 0 saturated heterocycles. The molecule has 0 saturated carbocycles. The Morgan fingerprint density at radius 1 is 1.08 bits per heavy atom. The van der Waals surface area contributed by atoms with Crippen molar-refractivity contribution in [1.29, 1.82) is 0 Å². The first kappa shape index (κ1) is 37.6. The van der Waals surface area contributed by atoms with Gasteiger partial charge in [-0.3, -0.25) is 4.79 Å². The van der Waals surface area contributed by atoms with E-state index < -0.39 is 0 Å².